The fraction of sp³-hybridized carbons (Fsp3) is 0.577. The van der Waals surface area contributed by atoms with Crippen molar-refractivity contribution >= 4 is 29.4 Å². The molecule has 1 saturated carbocycles. The maximum Gasteiger partial charge on any atom is 0.286 e. The summed E-state index contributed by atoms with van der Waals surface area (Å²) in [4.78, 5) is 39.4. The summed E-state index contributed by atoms with van der Waals surface area (Å²) in [6.45, 7) is 7.95. The second kappa shape index (κ2) is 12.9. The molecule has 1 heterocycles. The number of carbonyl (C=O) groups is 3. The predicted molar refractivity (Wildman–Crippen MR) is 137 cm³/mol. The molecule has 0 bridgehead atoms. The van der Waals surface area contributed by atoms with Gasteiger partial charge in [-0.05, 0) is 49.4 Å². The number of thioether (sulfide) groups is 1. The SMILES string of the molecule is COc1ccc(C(=O)N[C@H]2CCCC[C@H]2C(=O)N[C@@H](CC(C)C)C(=O)c2nnc(SC(C)C)o2)cc1. The van der Waals surface area contributed by atoms with Crippen LogP contribution >= 0.6 is 11.8 Å². The van der Waals surface area contributed by atoms with Crippen LogP contribution in [0.4, 0.5) is 0 Å². The molecule has 0 saturated heterocycles. The minimum absolute atomic E-state index is 0.0999. The Kier molecular flexibility index (Phi) is 9.92. The Balaban J connectivity index is 1.70. The minimum Gasteiger partial charge on any atom is -0.497 e. The molecule has 1 aromatic carbocycles. The molecule has 0 spiro atoms. The lowest BCUT2D eigenvalue weighted by molar-refractivity contribution is -0.127. The molecule has 2 aromatic rings. The van der Waals surface area contributed by atoms with Gasteiger partial charge in [-0.1, -0.05) is 52.3 Å². The number of nitrogens with one attached hydrogen (secondary N) is 2. The van der Waals surface area contributed by atoms with Gasteiger partial charge in [-0.15, -0.1) is 10.2 Å². The van der Waals surface area contributed by atoms with Crippen molar-refractivity contribution in [1.29, 1.82) is 0 Å². The van der Waals surface area contributed by atoms with Crippen molar-refractivity contribution in [3.63, 3.8) is 0 Å². The maximum atomic E-state index is 13.4. The van der Waals surface area contributed by atoms with E-state index in [1.54, 1.807) is 31.4 Å². The van der Waals surface area contributed by atoms with Gasteiger partial charge < -0.3 is 19.8 Å². The molecule has 0 aliphatic heterocycles. The van der Waals surface area contributed by atoms with Crippen LogP contribution in [0.25, 0.3) is 0 Å². The highest BCUT2D eigenvalue weighted by atomic mass is 32.2. The van der Waals surface area contributed by atoms with Crippen molar-refractivity contribution < 1.29 is 23.5 Å². The van der Waals surface area contributed by atoms with Gasteiger partial charge in [0.05, 0.1) is 19.1 Å². The summed E-state index contributed by atoms with van der Waals surface area (Å²) >= 11 is 1.38. The van der Waals surface area contributed by atoms with E-state index in [-0.39, 0.29) is 34.9 Å². The first-order valence-electron chi connectivity index (χ1n) is 12.5. The van der Waals surface area contributed by atoms with Crippen LogP contribution in [0.2, 0.25) is 0 Å². The number of benzene rings is 1. The number of nitrogens with zero attached hydrogens (tertiary/aromatic N) is 2. The van der Waals surface area contributed by atoms with Crippen LogP contribution in [0.3, 0.4) is 0 Å². The molecule has 3 rings (SSSR count). The van der Waals surface area contributed by atoms with Crippen molar-refractivity contribution in [2.24, 2.45) is 11.8 Å². The zero-order chi connectivity index (χ0) is 26.2. The van der Waals surface area contributed by atoms with Gasteiger partial charge in [-0.2, -0.15) is 0 Å². The highest BCUT2D eigenvalue weighted by Gasteiger charge is 2.35. The van der Waals surface area contributed by atoms with E-state index in [1.165, 1.54) is 11.8 Å². The molecule has 10 heteroatoms. The Morgan fingerprint density at radius 1 is 1.08 bits per heavy atom. The summed E-state index contributed by atoms with van der Waals surface area (Å²) in [5, 5.41) is 14.4. The van der Waals surface area contributed by atoms with Gasteiger partial charge in [0.2, 0.25) is 11.7 Å². The van der Waals surface area contributed by atoms with Crippen LogP contribution in [0, 0.1) is 11.8 Å². The Morgan fingerprint density at radius 2 is 1.78 bits per heavy atom. The van der Waals surface area contributed by atoms with Crippen LogP contribution in [0.15, 0.2) is 33.9 Å². The topological polar surface area (TPSA) is 123 Å². The second-order valence-electron chi connectivity index (χ2n) is 9.79. The number of Topliss-reactive ketones (excluding diaryl/α,β-unsaturated/α-hetero) is 1. The lowest BCUT2D eigenvalue weighted by Gasteiger charge is -2.32. The molecule has 36 heavy (non-hydrogen) atoms. The number of hydrogen-bond acceptors (Lipinski definition) is 8. The van der Waals surface area contributed by atoms with Crippen molar-refractivity contribution in [1.82, 2.24) is 20.8 Å². The van der Waals surface area contributed by atoms with Crippen LogP contribution < -0.4 is 15.4 Å². The van der Waals surface area contributed by atoms with Crippen molar-refractivity contribution in [3.05, 3.63) is 35.7 Å². The molecular formula is C26H36N4O5S. The van der Waals surface area contributed by atoms with E-state index in [9.17, 15) is 14.4 Å². The molecular weight excluding hydrogens is 480 g/mol. The van der Waals surface area contributed by atoms with E-state index in [0.717, 1.165) is 12.8 Å². The number of ketones is 1. The standard InChI is InChI=1S/C26H36N4O5S/c1-15(2)14-21(22(31)25-29-30-26(35-25)36-16(3)4)28-24(33)19-8-6-7-9-20(19)27-23(32)17-10-12-18(34-5)13-11-17/h10-13,15-16,19-21H,6-9,14H2,1-5H3,(H,27,32)(H,28,33)/t19-,20+,21+/m1/s1. The molecule has 2 amide bonds. The quantitative estimate of drug-likeness (QED) is 0.335. The molecule has 0 radical (unpaired) electrons. The molecule has 3 atom stereocenters. The average molecular weight is 517 g/mol. The second-order valence-corrected chi connectivity index (χ2v) is 11.3. The van der Waals surface area contributed by atoms with Crippen molar-refractivity contribution in [3.8, 4) is 5.75 Å². The molecule has 196 valence electrons. The van der Waals surface area contributed by atoms with Crippen LogP contribution in [-0.4, -0.2) is 52.2 Å². The van der Waals surface area contributed by atoms with Gasteiger partial charge in [0.15, 0.2) is 0 Å². The van der Waals surface area contributed by atoms with Gasteiger partial charge >= 0.3 is 0 Å². The molecule has 1 aliphatic rings. The average Bonchev–Trinajstić information content (AvgIpc) is 3.31. The smallest absolute Gasteiger partial charge is 0.286 e. The van der Waals surface area contributed by atoms with Crippen molar-refractivity contribution in [2.45, 2.75) is 82.4 Å². The fourth-order valence-electron chi connectivity index (χ4n) is 4.30. The third kappa shape index (κ3) is 7.56. The number of aromatic nitrogens is 2. The van der Waals surface area contributed by atoms with Gasteiger partial charge in [-0.25, -0.2) is 0 Å². The molecule has 9 nitrogen and oxygen atoms in total. The number of hydrogen-bond donors (Lipinski definition) is 2. The summed E-state index contributed by atoms with van der Waals surface area (Å²) in [6, 6.07) is 5.74. The molecule has 2 N–H and O–H groups in total. The summed E-state index contributed by atoms with van der Waals surface area (Å²) < 4.78 is 10.7. The third-order valence-electron chi connectivity index (χ3n) is 6.07. The number of methoxy groups -OCH3 is 1. The van der Waals surface area contributed by atoms with Gasteiger partial charge in [-0.3, -0.25) is 14.4 Å². The molecule has 1 aliphatic carbocycles. The minimum atomic E-state index is -0.783. The molecule has 1 aromatic heterocycles. The summed E-state index contributed by atoms with van der Waals surface area (Å²) in [7, 11) is 1.57. The van der Waals surface area contributed by atoms with E-state index < -0.39 is 17.7 Å². The Hall–Kier alpha value is -2.88. The third-order valence-corrected chi connectivity index (χ3v) is 6.90. The monoisotopic (exact) mass is 516 g/mol. The number of ether oxygens (including phenoxy) is 1. The Labute approximate surface area is 216 Å². The highest BCUT2D eigenvalue weighted by Crippen LogP contribution is 2.26. The number of rotatable bonds is 11. The van der Waals surface area contributed by atoms with Crippen LogP contribution in [0.5, 0.6) is 5.75 Å². The van der Waals surface area contributed by atoms with Gasteiger partial charge in [0.1, 0.15) is 5.75 Å². The van der Waals surface area contributed by atoms with E-state index in [0.29, 0.717) is 35.8 Å². The molecule has 1 fully saturated rings. The highest BCUT2D eigenvalue weighted by molar-refractivity contribution is 7.99. The Bertz CT molecular complexity index is 1040. The number of carbonyl (C=O) groups excluding carboxylic acids is 3. The Morgan fingerprint density at radius 3 is 2.42 bits per heavy atom. The maximum absolute atomic E-state index is 13.4. The van der Waals surface area contributed by atoms with Gasteiger partial charge in [0.25, 0.3) is 17.0 Å². The lowest BCUT2D eigenvalue weighted by Crippen LogP contribution is -2.52. The summed E-state index contributed by atoms with van der Waals surface area (Å²) in [5.41, 5.74) is 0.500. The summed E-state index contributed by atoms with van der Waals surface area (Å²) in [6.07, 6.45) is 3.58. The normalized spacial score (nSPS) is 18.6. The predicted octanol–water partition coefficient (Wildman–Crippen LogP) is 4.28. The van der Waals surface area contributed by atoms with Crippen LogP contribution in [-0.2, 0) is 4.79 Å². The molecule has 0 unspecified atom stereocenters. The zero-order valence-corrected chi connectivity index (χ0v) is 22.4. The summed E-state index contributed by atoms with van der Waals surface area (Å²) in [5.74, 6) is -0.588. The zero-order valence-electron chi connectivity index (χ0n) is 21.6. The lowest BCUT2D eigenvalue weighted by atomic mass is 9.83. The first-order chi connectivity index (χ1) is 17.2. The van der Waals surface area contributed by atoms with E-state index >= 15 is 0 Å². The van der Waals surface area contributed by atoms with E-state index in [4.69, 9.17) is 9.15 Å². The number of amides is 2. The largest absolute Gasteiger partial charge is 0.497 e. The first kappa shape index (κ1) is 27.7. The van der Waals surface area contributed by atoms with Gasteiger partial charge in [0, 0.05) is 16.9 Å². The van der Waals surface area contributed by atoms with E-state index in [1.807, 2.05) is 27.7 Å². The first-order valence-corrected chi connectivity index (χ1v) is 13.4. The van der Waals surface area contributed by atoms with Crippen LogP contribution in [0.1, 0.15) is 80.8 Å². The van der Waals surface area contributed by atoms with E-state index in [2.05, 4.69) is 20.8 Å². The fourth-order valence-corrected chi connectivity index (χ4v) is 4.92. The van der Waals surface area contributed by atoms with Crippen molar-refractivity contribution in [2.75, 3.05) is 7.11 Å².